The molecule has 0 aliphatic heterocycles. The van der Waals surface area contributed by atoms with Crippen molar-refractivity contribution in [1.82, 2.24) is 19.5 Å². The monoisotopic (exact) mass is 443 g/mol. The Bertz CT molecular complexity index is 1090. The Morgan fingerprint density at radius 2 is 2.00 bits per heavy atom. The first-order valence-electron chi connectivity index (χ1n) is 8.14. The van der Waals surface area contributed by atoms with Crippen molar-refractivity contribution in [3.8, 4) is 0 Å². The van der Waals surface area contributed by atoms with E-state index in [0.717, 1.165) is 22.4 Å². The van der Waals surface area contributed by atoms with Crippen molar-refractivity contribution in [2.24, 2.45) is 0 Å². The molecule has 12 heteroatoms. The van der Waals surface area contributed by atoms with E-state index in [1.54, 1.807) is 24.4 Å². The van der Waals surface area contributed by atoms with Crippen LogP contribution in [0.5, 0.6) is 0 Å². The lowest BCUT2D eigenvalue weighted by atomic mass is 10.3. The van der Waals surface area contributed by atoms with Gasteiger partial charge in [0.15, 0.2) is 0 Å². The van der Waals surface area contributed by atoms with Crippen LogP contribution in [-0.4, -0.2) is 26.1 Å². The molecule has 0 bridgehead atoms. The summed E-state index contributed by atoms with van der Waals surface area (Å²) >= 11 is 6.94. The van der Waals surface area contributed by atoms with Gasteiger partial charge in [-0.15, -0.1) is 0 Å². The summed E-state index contributed by atoms with van der Waals surface area (Å²) in [5.41, 5.74) is -2.12. The average Bonchev–Trinajstić information content (AvgIpc) is 2.65. The highest BCUT2D eigenvalue weighted by molar-refractivity contribution is 7.99. The third kappa shape index (κ3) is 5.39. The lowest BCUT2D eigenvalue weighted by molar-refractivity contribution is -0.137. The number of aromatic nitrogens is 4. The van der Waals surface area contributed by atoms with Crippen molar-refractivity contribution in [3.63, 3.8) is 0 Å². The molecule has 0 atom stereocenters. The Balaban J connectivity index is 1.67. The van der Waals surface area contributed by atoms with E-state index in [9.17, 15) is 22.8 Å². The highest BCUT2D eigenvalue weighted by Gasteiger charge is 2.31. The van der Waals surface area contributed by atoms with E-state index in [0.29, 0.717) is 16.2 Å². The fourth-order valence-electron chi connectivity index (χ4n) is 2.30. The zero-order chi connectivity index (χ0) is 21.0. The van der Waals surface area contributed by atoms with E-state index >= 15 is 0 Å². The van der Waals surface area contributed by atoms with E-state index in [2.05, 4.69) is 20.3 Å². The molecule has 0 fully saturated rings. The van der Waals surface area contributed by atoms with Gasteiger partial charge in [0.25, 0.3) is 5.56 Å². The smallest absolute Gasteiger partial charge is 0.367 e. The number of aromatic amines is 1. The molecule has 0 aromatic carbocycles. The van der Waals surface area contributed by atoms with Gasteiger partial charge in [-0.25, -0.2) is 14.8 Å². The van der Waals surface area contributed by atoms with Gasteiger partial charge >= 0.3 is 11.9 Å². The number of H-pyrrole nitrogens is 1. The summed E-state index contributed by atoms with van der Waals surface area (Å²) in [6.45, 7) is 0.00946. The molecule has 7 nitrogen and oxygen atoms in total. The van der Waals surface area contributed by atoms with Crippen molar-refractivity contribution < 1.29 is 13.2 Å². The molecule has 0 aliphatic carbocycles. The first kappa shape index (κ1) is 20.9. The van der Waals surface area contributed by atoms with Crippen molar-refractivity contribution in [2.45, 2.75) is 22.8 Å². The molecular weight excluding hydrogens is 431 g/mol. The number of halogens is 4. The van der Waals surface area contributed by atoms with Crippen LogP contribution in [0.2, 0.25) is 5.02 Å². The van der Waals surface area contributed by atoms with Gasteiger partial charge in [-0.3, -0.25) is 9.36 Å². The molecule has 0 saturated heterocycles. The molecule has 152 valence electrons. The highest BCUT2D eigenvalue weighted by atomic mass is 35.5. The van der Waals surface area contributed by atoms with Crippen LogP contribution >= 0.6 is 23.4 Å². The summed E-state index contributed by atoms with van der Waals surface area (Å²) in [4.78, 5) is 34.7. The third-order valence-corrected chi connectivity index (χ3v) is 4.82. The van der Waals surface area contributed by atoms with Crippen LogP contribution in [0.1, 0.15) is 5.56 Å². The van der Waals surface area contributed by atoms with Gasteiger partial charge in [0.05, 0.1) is 15.6 Å². The van der Waals surface area contributed by atoms with E-state index in [-0.39, 0.29) is 23.9 Å². The molecule has 0 amide bonds. The zero-order valence-electron chi connectivity index (χ0n) is 14.5. The maximum Gasteiger partial charge on any atom is 0.417 e. The Morgan fingerprint density at radius 1 is 1.21 bits per heavy atom. The molecule has 0 spiro atoms. The quantitative estimate of drug-likeness (QED) is 0.568. The van der Waals surface area contributed by atoms with Crippen LogP contribution < -0.4 is 16.6 Å². The number of hydrogen-bond acceptors (Lipinski definition) is 6. The van der Waals surface area contributed by atoms with Crippen LogP contribution in [0.25, 0.3) is 0 Å². The van der Waals surface area contributed by atoms with Crippen molar-refractivity contribution in [3.05, 3.63) is 74.1 Å². The number of rotatable bonds is 6. The van der Waals surface area contributed by atoms with Gasteiger partial charge in [0, 0.05) is 31.5 Å². The average molecular weight is 444 g/mol. The van der Waals surface area contributed by atoms with Gasteiger partial charge < -0.3 is 10.3 Å². The number of hydrogen-bond donors (Lipinski definition) is 2. The molecule has 2 N–H and O–H groups in total. The van der Waals surface area contributed by atoms with Crippen molar-refractivity contribution in [2.75, 3.05) is 11.9 Å². The molecule has 0 radical (unpaired) electrons. The van der Waals surface area contributed by atoms with Crippen molar-refractivity contribution >= 4 is 29.2 Å². The maximum absolute atomic E-state index is 12.6. The Hall–Kier alpha value is -2.79. The summed E-state index contributed by atoms with van der Waals surface area (Å²) in [7, 11) is 0. The fraction of sp³-hybridized carbons (Fsp3) is 0.176. The van der Waals surface area contributed by atoms with Gasteiger partial charge in [0.1, 0.15) is 10.8 Å². The molecule has 3 aromatic heterocycles. The number of alkyl halides is 3. The van der Waals surface area contributed by atoms with E-state index in [1.165, 1.54) is 6.07 Å². The zero-order valence-corrected chi connectivity index (χ0v) is 16.1. The van der Waals surface area contributed by atoms with E-state index in [1.807, 2.05) is 0 Å². The van der Waals surface area contributed by atoms with E-state index < -0.39 is 23.0 Å². The number of nitrogens with zero attached hydrogens (tertiary/aromatic N) is 3. The second-order valence-electron chi connectivity index (χ2n) is 5.68. The summed E-state index contributed by atoms with van der Waals surface area (Å²) < 4.78 is 38.8. The first-order valence-corrected chi connectivity index (χ1v) is 9.33. The van der Waals surface area contributed by atoms with Crippen LogP contribution in [-0.2, 0) is 12.7 Å². The first-order chi connectivity index (χ1) is 13.7. The Labute approximate surface area is 171 Å². The van der Waals surface area contributed by atoms with E-state index in [4.69, 9.17) is 11.6 Å². The van der Waals surface area contributed by atoms with Gasteiger partial charge in [-0.1, -0.05) is 29.4 Å². The minimum Gasteiger partial charge on any atom is -0.367 e. The SMILES string of the molecule is O=c1cc(Sc2ccccn2)[nH]c(=O)n1CCNc1ncc(C(F)(F)F)cc1Cl. The van der Waals surface area contributed by atoms with Crippen LogP contribution in [0.3, 0.4) is 0 Å². The predicted octanol–water partition coefficient (Wildman–Crippen LogP) is 3.26. The normalized spacial score (nSPS) is 11.4. The summed E-state index contributed by atoms with van der Waals surface area (Å²) in [6, 6.07) is 7.28. The lowest BCUT2D eigenvalue weighted by Crippen LogP contribution is -2.36. The minimum absolute atomic E-state index is 0.0199. The topological polar surface area (TPSA) is 92.7 Å². The lowest BCUT2D eigenvalue weighted by Gasteiger charge is -2.11. The van der Waals surface area contributed by atoms with Gasteiger partial charge in [-0.05, 0) is 18.2 Å². The van der Waals surface area contributed by atoms with Crippen LogP contribution in [0, 0.1) is 0 Å². The number of anilines is 1. The molecule has 3 rings (SSSR count). The largest absolute Gasteiger partial charge is 0.417 e. The standard InChI is InChI=1S/C17H13ClF3N5O2S/c18-11-7-10(17(19,20)21)9-24-15(11)23-5-6-26-14(27)8-13(25-16(26)28)29-12-3-1-2-4-22-12/h1-4,7-9H,5-6H2,(H,23,24)(H,25,28). The van der Waals surface area contributed by atoms with Gasteiger partial charge in [0.2, 0.25) is 0 Å². The van der Waals surface area contributed by atoms with Crippen LogP contribution in [0.4, 0.5) is 19.0 Å². The predicted molar refractivity (Wildman–Crippen MR) is 102 cm³/mol. The molecular formula is C17H13ClF3N5O2S. The summed E-state index contributed by atoms with van der Waals surface area (Å²) in [5, 5.41) is 3.45. The Morgan fingerprint density at radius 3 is 2.62 bits per heavy atom. The maximum atomic E-state index is 12.6. The highest BCUT2D eigenvalue weighted by Crippen LogP contribution is 2.32. The van der Waals surface area contributed by atoms with Crippen LogP contribution in [0.15, 0.2) is 62.4 Å². The molecule has 3 aromatic rings. The second kappa shape index (κ2) is 8.70. The minimum atomic E-state index is -4.55. The summed E-state index contributed by atoms with van der Waals surface area (Å²) in [5.74, 6) is 0.0199. The second-order valence-corrected chi connectivity index (χ2v) is 7.15. The molecule has 0 unspecified atom stereocenters. The third-order valence-electron chi connectivity index (χ3n) is 3.64. The molecule has 0 aliphatic rings. The number of nitrogens with one attached hydrogen (secondary N) is 2. The van der Waals surface area contributed by atoms with Gasteiger partial charge in [-0.2, -0.15) is 13.2 Å². The fourth-order valence-corrected chi connectivity index (χ4v) is 3.31. The number of pyridine rings is 2. The molecule has 0 saturated carbocycles. The molecule has 29 heavy (non-hydrogen) atoms. The Kier molecular flexibility index (Phi) is 6.28. The molecule has 3 heterocycles. The van der Waals surface area contributed by atoms with Crippen molar-refractivity contribution in [1.29, 1.82) is 0 Å². The summed E-state index contributed by atoms with van der Waals surface area (Å²) in [6.07, 6.45) is -2.31.